The van der Waals surface area contributed by atoms with Crippen molar-refractivity contribution in [1.29, 1.82) is 0 Å². The quantitative estimate of drug-likeness (QED) is 0.830. The number of nitrogens with zero attached hydrogens (tertiary/aromatic N) is 2. The van der Waals surface area contributed by atoms with E-state index in [9.17, 15) is 14.4 Å². The zero-order valence-electron chi connectivity index (χ0n) is 13.2. The SMILES string of the molecule is CCOC(=O)N1CCC(NC(=O)CN2CCCCC2=O)CC1. The molecule has 0 spiro atoms. The minimum Gasteiger partial charge on any atom is -0.450 e. The molecule has 2 heterocycles. The van der Waals surface area contributed by atoms with E-state index in [4.69, 9.17) is 4.74 Å². The minimum atomic E-state index is -0.286. The maximum Gasteiger partial charge on any atom is 0.409 e. The van der Waals surface area contributed by atoms with E-state index in [1.54, 1.807) is 16.7 Å². The van der Waals surface area contributed by atoms with E-state index in [1.165, 1.54) is 0 Å². The third-order valence-electron chi connectivity index (χ3n) is 4.14. The summed E-state index contributed by atoms with van der Waals surface area (Å²) in [5.74, 6) is -0.0386. The summed E-state index contributed by atoms with van der Waals surface area (Å²) in [6.45, 7) is 4.16. The molecule has 7 nitrogen and oxygen atoms in total. The van der Waals surface area contributed by atoms with E-state index in [2.05, 4.69) is 5.32 Å². The lowest BCUT2D eigenvalue weighted by Crippen LogP contribution is -2.50. The van der Waals surface area contributed by atoms with Crippen molar-refractivity contribution >= 4 is 17.9 Å². The Bertz CT molecular complexity index is 419. The Balaban J connectivity index is 1.70. The predicted octanol–water partition coefficient (Wildman–Crippen LogP) is 0.736. The van der Waals surface area contributed by atoms with E-state index in [-0.39, 0.29) is 30.5 Å². The van der Waals surface area contributed by atoms with Crippen molar-refractivity contribution < 1.29 is 19.1 Å². The number of carbonyl (C=O) groups is 3. The molecular formula is C15H25N3O4. The topological polar surface area (TPSA) is 79.0 Å². The molecule has 0 radical (unpaired) electrons. The van der Waals surface area contributed by atoms with Crippen LogP contribution in [0.15, 0.2) is 0 Å². The standard InChI is InChI=1S/C15H25N3O4/c1-2-22-15(21)17-9-6-12(7-10-17)16-13(19)11-18-8-4-3-5-14(18)20/h12H,2-11H2,1H3,(H,16,19). The van der Waals surface area contributed by atoms with Gasteiger partial charge >= 0.3 is 6.09 Å². The van der Waals surface area contributed by atoms with Crippen LogP contribution in [0, 0.1) is 0 Å². The largest absolute Gasteiger partial charge is 0.450 e. The fraction of sp³-hybridized carbons (Fsp3) is 0.800. The van der Waals surface area contributed by atoms with Gasteiger partial charge in [-0.25, -0.2) is 4.79 Å². The third kappa shape index (κ3) is 4.61. The summed E-state index contributed by atoms with van der Waals surface area (Å²) in [5.41, 5.74) is 0. The number of ether oxygens (including phenoxy) is 1. The van der Waals surface area contributed by atoms with Gasteiger partial charge in [-0.05, 0) is 32.6 Å². The van der Waals surface area contributed by atoms with Crippen LogP contribution in [-0.4, -0.2) is 66.5 Å². The molecule has 2 aliphatic heterocycles. The van der Waals surface area contributed by atoms with Gasteiger partial charge in [0.2, 0.25) is 11.8 Å². The van der Waals surface area contributed by atoms with Crippen LogP contribution in [0.25, 0.3) is 0 Å². The molecule has 0 aromatic heterocycles. The Labute approximate surface area is 131 Å². The third-order valence-corrected chi connectivity index (χ3v) is 4.14. The molecule has 2 saturated heterocycles. The summed E-state index contributed by atoms with van der Waals surface area (Å²) in [4.78, 5) is 38.6. The molecule has 0 unspecified atom stereocenters. The van der Waals surface area contributed by atoms with E-state index in [1.807, 2.05) is 0 Å². The maximum atomic E-state index is 12.0. The molecule has 0 aliphatic carbocycles. The van der Waals surface area contributed by atoms with Crippen LogP contribution in [0.1, 0.15) is 39.0 Å². The fourth-order valence-electron chi connectivity index (χ4n) is 2.90. The van der Waals surface area contributed by atoms with E-state index in [0.29, 0.717) is 32.7 Å². The molecule has 0 bridgehead atoms. The number of nitrogens with one attached hydrogen (secondary N) is 1. The Morgan fingerprint density at radius 2 is 1.95 bits per heavy atom. The molecule has 2 fully saturated rings. The van der Waals surface area contributed by atoms with Gasteiger partial charge in [-0.3, -0.25) is 9.59 Å². The first-order valence-electron chi connectivity index (χ1n) is 8.09. The first-order chi connectivity index (χ1) is 10.6. The minimum absolute atomic E-state index is 0.0677. The van der Waals surface area contributed by atoms with Crippen LogP contribution < -0.4 is 5.32 Å². The van der Waals surface area contributed by atoms with E-state index >= 15 is 0 Å². The molecule has 0 atom stereocenters. The first-order valence-corrected chi connectivity index (χ1v) is 8.09. The predicted molar refractivity (Wildman–Crippen MR) is 80.2 cm³/mol. The van der Waals surface area contributed by atoms with Crippen molar-refractivity contribution in [2.75, 3.05) is 32.8 Å². The van der Waals surface area contributed by atoms with E-state index in [0.717, 1.165) is 25.7 Å². The Morgan fingerprint density at radius 1 is 1.23 bits per heavy atom. The smallest absolute Gasteiger partial charge is 0.409 e. The Kier molecular flexibility index (Phi) is 6.03. The van der Waals surface area contributed by atoms with Crippen LogP contribution in [0.4, 0.5) is 4.79 Å². The normalized spacial score (nSPS) is 20.0. The van der Waals surface area contributed by atoms with E-state index < -0.39 is 0 Å². The summed E-state index contributed by atoms with van der Waals surface area (Å²) in [5, 5.41) is 2.97. The van der Waals surface area contributed by atoms with Gasteiger partial charge in [0.1, 0.15) is 0 Å². The number of piperidine rings is 2. The summed E-state index contributed by atoms with van der Waals surface area (Å²) in [7, 11) is 0. The molecule has 2 aliphatic rings. The van der Waals surface area contributed by atoms with Crippen molar-refractivity contribution in [3.8, 4) is 0 Å². The highest BCUT2D eigenvalue weighted by Crippen LogP contribution is 2.13. The van der Waals surface area contributed by atoms with Crippen molar-refractivity contribution in [3.05, 3.63) is 0 Å². The van der Waals surface area contributed by atoms with Gasteiger partial charge in [-0.15, -0.1) is 0 Å². The van der Waals surface area contributed by atoms with Crippen LogP contribution in [0.3, 0.4) is 0 Å². The highest BCUT2D eigenvalue weighted by Gasteiger charge is 2.26. The van der Waals surface area contributed by atoms with Crippen LogP contribution >= 0.6 is 0 Å². The van der Waals surface area contributed by atoms with Crippen LogP contribution in [-0.2, 0) is 14.3 Å². The lowest BCUT2D eigenvalue weighted by molar-refractivity contribution is -0.138. The van der Waals surface area contributed by atoms with Gasteiger partial charge in [0.15, 0.2) is 0 Å². The van der Waals surface area contributed by atoms with Crippen LogP contribution in [0.5, 0.6) is 0 Å². The van der Waals surface area contributed by atoms with Gasteiger partial charge in [0.05, 0.1) is 13.2 Å². The maximum absolute atomic E-state index is 12.0. The lowest BCUT2D eigenvalue weighted by atomic mass is 10.1. The monoisotopic (exact) mass is 311 g/mol. The van der Waals surface area contributed by atoms with Gasteiger partial charge in [-0.2, -0.15) is 0 Å². The fourth-order valence-corrected chi connectivity index (χ4v) is 2.90. The Hall–Kier alpha value is -1.79. The summed E-state index contributed by atoms with van der Waals surface area (Å²) >= 11 is 0. The second kappa shape index (κ2) is 8.00. The number of hydrogen-bond acceptors (Lipinski definition) is 4. The van der Waals surface area contributed by atoms with Crippen molar-refractivity contribution in [2.24, 2.45) is 0 Å². The molecule has 7 heteroatoms. The average molecular weight is 311 g/mol. The summed E-state index contributed by atoms with van der Waals surface area (Å²) in [6.07, 6.45) is 3.59. The van der Waals surface area contributed by atoms with Crippen molar-refractivity contribution in [2.45, 2.75) is 45.1 Å². The highest BCUT2D eigenvalue weighted by atomic mass is 16.6. The number of carbonyl (C=O) groups excluding carboxylic acids is 3. The van der Waals surface area contributed by atoms with Crippen molar-refractivity contribution in [3.63, 3.8) is 0 Å². The molecule has 22 heavy (non-hydrogen) atoms. The molecule has 0 saturated carbocycles. The lowest BCUT2D eigenvalue weighted by Gasteiger charge is -2.32. The van der Waals surface area contributed by atoms with Gasteiger partial charge in [-0.1, -0.05) is 0 Å². The molecular weight excluding hydrogens is 286 g/mol. The first kappa shape index (κ1) is 16.6. The Morgan fingerprint density at radius 3 is 2.59 bits per heavy atom. The second-order valence-corrected chi connectivity index (χ2v) is 5.80. The number of likely N-dealkylation sites (tertiary alicyclic amines) is 2. The van der Waals surface area contributed by atoms with Crippen molar-refractivity contribution in [1.82, 2.24) is 15.1 Å². The molecule has 2 rings (SSSR count). The molecule has 0 aromatic carbocycles. The zero-order valence-corrected chi connectivity index (χ0v) is 13.2. The number of amides is 3. The second-order valence-electron chi connectivity index (χ2n) is 5.80. The van der Waals surface area contributed by atoms with Gasteiger partial charge in [0, 0.05) is 32.1 Å². The highest BCUT2D eigenvalue weighted by molar-refractivity contribution is 5.85. The van der Waals surface area contributed by atoms with Gasteiger partial charge < -0.3 is 19.9 Å². The molecule has 0 aromatic rings. The molecule has 124 valence electrons. The van der Waals surface area contributed by atoms with Gasteiger partial charge in [0.25, 0.3) is 0 Å². The number of hydrogen-bond donors (Lipinski definition) is 1. The number of rotatable bonds is 4. The van der Waals surface area contributed by atoms with Crippen LogP contribution in [0.2, 0.25) is 0 Å². The zero-order chi connectivity index (χ0) is 15.9. The average Bonchev–Trinajstić information content (AvgIpc) is 2.50. The molecule has 3 amide bonds. The summed E-state index contributed by atoms with van der Waals surface area (Å²) < 4.78 is 4.97. The molecule has 1 N–H and O–H groups in total. The summed E-state index contributed by atoms with van der Waals surface area (Å²) in [6, 6.07) is 0.0677.